The lowest BCUT2D eigenvalue weighted by atomic mass is 9.90. The highest BCUT2D eigenvalue weighted by Gasteiger charge is 2.20. The van der Waals surface area contributed by atoms with Crippen LogP contribution in [-0.4, -0.2) is 11.1 Å². The van der Waals surface area contributed by atoms with Gasteiger partial charge in [0.1, 0.15) is 0 Å². The van der Waals surface area contributed by atoms with E-state index in [-0.39, 0.29) is 5.41 Å². The van der Waals surface area contributed by atoms with Crippen molar-refractivity contribution < 1.29 is 0 Å². The van der Waals surface area contributed by atoms with Crippen LogP contribution >= 0.6 is 0 Å². The fourth-order valence-corrected chi connectivity index (χ4v) is 3.26. The Morgan fingerprint density at radius 1 is 1.38 bits per heavy atom. The second-order valence-corrected chi connectivity index (χ2v) is 6.93. The van der Waals surface area contributed by atoms with E-state index in [2.05, 4.69) is 35.3 Å². The zero-order chi connectivity index (χ0) is 15.3. The van der Waals surface area contributed by atoms with Gasteiger partial charge in [-0.3, -0.25) is 0 Å². The van der Waals surface area contributed by atoms with E-state index in [0.717, 1.165) is 25.9 Å². The topological polar surface area (TPSA) is 40.8 Å². The van der Waals surface area contributed by atoms with Crippen molar-refractivity contribution in [2.24, 2.45) is 5.41 Å². The number of nitrogens with zero attached hydrogens (tertiary/aromatic N) is 2. The zero-order valence-electron chi connectivity index (χ0n) is 13.8. The maximum Gasteiger partial charge on any atom is 0.0683 e. The Morgan fingerprint density at radius 3 is 2.90 bits per heavy atom. The van der Waals surface area contributed by atoms with E-state index in [1.54, 1.807) is 0 Å². The summed E-state index contributed by atoms with van der Waals surface area (Å²) in [6.07, 6.45) is 11.8. The lowest BCUT2D eigenvalue weighted by Crippen LogP contribution is -2.20. The highest BCUT2D eigenvalue weighted by molar-refractivity contribution is 5.29. The summed E-state index contributed by atoms with van der Waals surface area (Å²) in [6, 6.07) is 2.92. The van der Waals surface area contributed by atoms with E-state index in [1.165, 1.54) is 36.8 Å². The number of nitrogens with one attached hydrogen (secondary N) is 1. The van der Waals surface area contributed by atoms with E-state index >= 15 is 0 Å². The number of nitriles is 1. The summed E-state index contributed by atoms with van der Waals surface area (Å²) in [6.45, 7) is 8.30. The second kappa shape index (κ2) is 7.13. The molecule has 0 aliphatic heterocycles. The van der Waals surface area contributed by atoms with E-state index in [0.29, 0.717) is 6.04 Å². The Hall–Kier alpha value is -1.27. The third-order valence-corrected chi connectivity index (χ3v) is 4.53. The smallest absolute Gasteiger partial charge is 0.0683 e. The molecule has 1 aromatic heterocycles. The Labute approximate surface area is 129 Å². The Bertz CT molecular complexity index is 493. The summed E-state index contributed by atoms with van der Waals surface area (Å²) >= 11 is 0. The van der Waals surface area contributed by atoms with Crippen molar-refractivity contribution in [2.45, 2.75) is 71.9 Å². The van der Waals surface area contributed by atoms with Gasteiger partial charge in [-0.1, -0.05) is 13.3 Å². The first kappa shape index (κ1) is 16.1. The van der Waals surface area contributed by atoms with Crippen molar-refractivity contribution in [1.82, 2.24) is 9.88 Å². The molecule has 0 spiro atoms. The molecule has 1 atom stereocenters. The van der Waals surface area contributed by atoms with Gasteiger partial charge in [-0.05, 0) is 63.6 Å². The minimum absolute atomic E-state index is 0.198. The molecule has 2 rings (SSSR count). The number of fused-ring (bicyclic) bond motifs is 1. The van der Waals surface area contributed by atoms with Gasteiger partial charge in [0.25, 0.3) is 0 Å². The number of rotatable bonds is 6. The minimum atomic E-state index is -0.198. The van der Waals surface area contributed by atoms with Crippen LogP contribution in [0.4, 0.5) is 0 Å². The van der Waals surface area contributed by atoms with E-state index in [4.69, 9.17) is 5.26 Å². The van der Waals surface area contributed by atoms with Crippen molar-refractivity contribution in [2.75, 3.05) is 6.54 Å². The first-order valence-corrected chi connectivity index (χ1v) is 8.39. The molecule has 0 radical (unpaired) electrons. The summed E-state index contributed by atoms with van der Waals surface area (Å²) in [5, 5.41) is 12.7. The molecule has 21 heavy (non-hydrogen) atoms. The molecule has 1 N–H and O–H groups in total. The van der Waals surface area contributed by atoms with Crippen LogP contribution in [0, 0.1) is 16.7 Å². The summed E-state index contributed by atoms with van der Waals surface area (Å²) in [5.74, 6) is 0. The Morgan fingerprint density at radius 2 is 2.19 bits per heavy atom. The van der Waals surface area contributed by atoms with Gasteiger partial charge in [-0.15, -0.1) is 0 Å². The summed E-state index contributed by atoms with van der Waals surface area (Å²) < 4.78 is 2.34. The largest absolute Gasteiger partial charge is 0.354 e. The molecule has 0 saturated carbocycles. The van der Waals surface area contributed by atoms with Crippen LogP contribution in [0.5, 0.6) is 0 Å². The van der Waals surface area contributed by atoms with Crippen LogP contribution < -0.4 is 5.32 Å². The lowest BCUT2D eigenvalue weighted by Gasteiger charge is -2.16. The van der Waals surface area contributed by atoms with Crippen LogP contribution in [0.25, 0.3) is 0 Å². The predicted octanol–water partition coefficient (Wildman–Crippen LogP) is 4.20. The molecule has 3 nitrogen and oxygen atoms in total. The molecule has 1 aliphatic carbocycles. The van der Waals surface area contributed by atoms with Gasteiger partial charge < -0.3 is 9.88 Å². The molecular weight excluding hydrogens is 258 g/mol. The summed E-state index contributed by atoms with van der Waals surface area (Å²) in [5.41, 5.74) is 2.84. The Kier molecular flexibility index (Phi) is 5.47. The predicted molar refractivity (Wildman–Crippen MR) is 87.0 cm³/mol. The van der Waals surface area contributed by atoms with Gasteiger partial charge in [-0.2, -0.15) is 5.26 Å². The van der Waals surface area contributed by atoms with E-state index < -0.39 is 0 Å². The summed E-state index contributed by atoms with van der Waals surface area (Å²) in [4.78, 5) is 0. The van der Waals surface area contributed by atoms with Gasteiger partial charge in [0, 0.05) is 25.0 Å². The molecule has 0 amide bonds. The van der Waals surface area contributed by atoms with Crippen molar-refractivity contribution >= 4 is 0 Å². The van der Waals surface area contributed by atoms with E-state index in [9.17, 15) is 0 Å². The van der Waals surface area contributed by atoms with Crippen LogP contribution in [0.2, 0.25) is 0 Å². The first-order chi connectivity index (χ1) is 10.1. The average Bonchev–Trinajstić information content (AvgIpc) is 2.76. The number of aromatic nitrogens is 1. The fourth-order valence-electron chi connectivity index (χ4n) is 3.26. The van der Waals surface area contributed by atoms with Crippen molar-refractivity contribution in [1.29, 1.82) is 5.26 Å². The fraction of sp³-hybridized carbons (Fsp3) is 0.722. The highest BCUT2D eigenvalue weighted by atomic mass is 15.0. The molecule has 0 bridgehead atoms. The maximum absolute atomic E-state index is 9.08. The van der Waals surface area contributed by atoms with Gasteiger partial charge in [-0.25, -0.2) is 0 Å². The van der Waals surface area contributed by atoms with Crippen LogP contribution in [-0.2, 0) is 13.0 Å². The van der Waals surface area contributed by atoms with Gasteiger partial charge in [0.15, 0.2) is 0 Å². The molecule has 1 unspecified atom stereocenters. The Balaban J connectivity index is 2.00. The van der Waals surface area contributed by atoms with Crippen molar-refractivity contribution in [3.8, 4) is 6.07 Å². The quantitative estimate of drug-likeness (QED) is 0.797. The van der Waals surface area contributed by atoms with Gasteiger partial charge in [0.05, 0.1) is 11.5 Å². The molecular formula is C18H29N3. The second-order valence-electron chi connectivity index (χ2n) is 6.93. The normalized spacial score (nSPS) is 18.9. The molecule has 3 heteroatoms. The number of hydrogen-bond donors (Lipinski definition) is 1. The molecule has 1 heterocycles. The number of hydrogen-bond acceptors (Lipinski definition) is 2. The van der Waals surface area contributed by atoms with Crippen molar-refractivity contribution in [3.05, 3.63) is 23.5 Å². The molecule has 0 saturated heterocycles. The van der Waals surface area contributed by atoms with Gasteiger partial charge >= 0.3 is 0 Å². The highest BCUT2D eigenvalue weighted by Crippen LogP contribution is 2.30. The molecule has 1 aromatic rings. The third kappa shape index (κ3) is 4.35. The first-order valence-electron chi connectivity index (χ1n) is 8.39. The van der Waals surface area contributed by atoms with Crippen LogP contribution in [0.15, 0.2) is 12.4 Å². The SMILES string of the molecule is CCNC1CCCCc2cn(CCCC(C)(C)C#N)cc21. The standard InChI is InChI=1S/C18H29N3/c1-4-20-17-9-6-5-8-15-12-21(13-16(15)17)11-7-10-18(2,3)14-19/h12-13,17,20H,4-11H2,1-3H3. The van der Waals surface area contributed by atoms with Crippen LogP contribution in [0.3, 0.4) is 0 Å². The average molecular weight is 287 g/mol. The van der Waals surface area contributed by atoms with E-state index in [1.807, 2.05) is 13.8 Å². The van der Waals surface area contributed by atoms with Crippen LogP contribution in [0.1, 0.15) is 70.0 Å². The summed E-state index contributed by atoms with van der Waals surface area (Å²) in [7, 11) is 0. The van der Waals surface area contributed by atoms with Gasteiger partial charge in [0.2, 0.25) is 0 Å². The lowest BCUT2D eigenvalue weighted by molar-refractivity contribution is 0.415. The molecule has 116 valence electrons. The molecule has 1 aliphatic rings. The minimum Gasteiger partial charge on any atom is -0.354 e. The monoisotopic (exact) mass is 287 g/mol. The molecule has 0 fully saturated rings. The van der Waals surface area contributed by atoms with Crippen molar-refractivity contribution in [3.63, 3.8) is 0 Å². The number of aryl methyl sites for hydroxylation is 2. The maximum atomic E-state index is 9.08. The third-order valence-electron chi connectivity index (χ3n) is 4.53. The molecule has 0 aromatic carbocycles. The zero-order valence-corrected chi connectivity index (χ0v) is 13.8.